The average Bonchev–Trinajstić information content (AvgIpc) is 2.44. The van der Waals surface area contributed by atoms with E-state index in [0.717, 1.165) is 25.1 Å². The van der Waals surface area contributed by atoms with Crippen LogP contribution in [0.5, 0.6) is 0 Å². The summed E-state index contributed by atoms with van der Waals surface area (Å²) in [6.07, 6.45) is 4.53. The second kappa shape index (κ2) is 6.64. The number of benzene rings is 1. The second-order valence-corrected chi connectivity index (χ2v) is 7.20. The smallest absolute Gasteiger partial charge is 0.240 e. The molecule has 1 aliphatic carbocycles. The van der Waals surface area contributed by atoms with Crippen LogP contribution in [-0.2, 0) is 10.0 Å². The molecule has 6 N–H and O–H groups in total. The maximum Gasteiger partial charge on any atom is 0.240 e. The summed E-state index contributed by atoms with van der Waals surface area (Å²) in [5.74, 6) is 0.773. The molecule has 0 bridgehead atoms. The first-order valence-corrected chi connectivity index (χ1v) is 8.73. The van der Waals surface area contributed by atoms with E-state index >= 15 is 0 Å². The van der Waals surface area contributed by atoms with Gasteiger partial charge in [0.25, 0.3) is 0 Å². The fourth-order valence-electron chi connectivity index (χ4n) is 2.96. The molecule has 1 aliphatic rings. The van der Waals surface area contributed by atoms with E-state index in [1.165, 1.54) is 18.9 Å². The number of primary sulfonamides is 1. The lowest BCUT2D eigenvalue weighted by Crippen LogP contribution is -2.28. The summed E-state index contributed by atoms with van der Waals surface area (Å²) >= 11 is 0. The van der Waals surface area contributed by atoms with Gasteiger partial charge < -0.3 is 16.2 Å². The van der Waals surface area contributed by atoms with Crippen LogP contribution in [-0.4, -0.2) is 26.7 Å². The molecule has 1 fully saturated rings. The molecule has 1 saturated carbocycles. The molecule has 1 aromatic rings. The Morgan fingerprint density at radius 2 is 1.90 bits per heavy atom. The van der Waals surface area contributed by atoms with Crippen LogP contribution in [0.2, 0.25) is 0 Å². The number of nitrogens with two attached hydrogens (primary N) is 2. The zero-order chi connectivity index (χ0) is 15.5. The predicted octanol–water partition coefficient (Wildman–Crippen LogP) is 1.13. The van der Waals surface area contributed by atoms with E-state index in [0.29, 0.717) is 11.8 Å². The Balaban J connectivity index is 2.02. The topological polar surface area (TPSA) is 118 Å². The van der Waals surface area contributed by atoms with Crippen LogP contribution < -0.4 is 16.2 Å². The SMILES string of the molecule is Nc1cc(NCC2CCCCC2CO)ccc1S(N)(=O)=O. The molecule has 21 heavy (non-hydrogen) atoms. The van der Waals surface area contributed by atoms with Gasteiger partial charge in [-0.1, -0.05) is 12.8 Å². The quantitative estimate of drug-likeness (QED) is 0.608. The Morgan fingerprint density at radius 3 is 2.48 bits per heavy atom. The molecule has 6 nitrogen and oxygen atoms in total. The van der Waals surface area contributed by atoms with Crippen molar-refractivity contribution in [3.8, 4) is 0 Å². The molecule has 0 spiro atoms. The molecule has 0 heterocycles. The summed E-state index contributed by atoms with van der Waals surface area (Å²) < 4.78 is 22.6. The van der Waals surface area contributed by atoms with Crippen molar-refractivity contribution in [3.05, 3.63) is 18.2 Å². The predicted molar refractivity (Wildman–Crippen MR) is 83.3 cm³/mol. The van der Waals surface area contributed by atoms with Crippen LogP contribution in [0.3, 0.4) is 0 Å². The van der Waals surface area contributed by atoms with Gasteiger partial charge in [0.05, 0.1) is 5.69 Å². The first-order chi connectivity index (χ1) is 9.91. The number of aliphatic hydroxyl groups is 1. The van der Waals surface area contributed by atoms with Crippen molar-refractivity contribution in [2.45, 2.75) is 30.6 Å². The lowest BCUT2D eigenvalue weighted by Gasteiger charge is -2.30. The van der Waals surface area contributed by atoms with E-state index in [2.05, 4.69) is 5.32 Å². The fraction of sp³-hybridized carbons (Fsp3) is 0.571. The second-order valence-electron chi connectivity index (χ2n) is 5.67. The van der Waals surface area contributed by atoms with Crippen molar-refractivity contribution in [2.75, 3.05) is 24.2 Å². The molecule has 0 saturated heterocycles. The minimum Gasteiger partial charge on any atom is -0.398 e. The third-order valence-electron chi connectivity index (χ3n) is 4.19. The lowest BCUT2D eigenvalue weighted by atomic mass is 9.79. The zero-order valence-electron chi connectivity index (χ0n) is 12.0. The Labute approximate surface area is 125 Å². The van der Waals surface area contributed by atoms with Crippen LogP contribution >= 0.6 is 0 Å². The van der Waals surface area contributed by atoms with Gasteiger partial charge in [-0.25, -0.2) is 13.6 Å². The molecule has 0 aliphatic heterocycles. The summed E-state index contributed by atoms with van der Waals surface area (Å²) in [4.78, 5) is -0.0565. The Hall–Kier alpha value is -1.31. The van der Waals surface area contributed by atoms with Crippen molar-refractivity contribution < 1.29 is 13.5 Å². The molecule has 0 amide bonds. The number of sulfonamides is 1. The Bertz CT molecular complexity index is 589. The minimum atomic E-state index is -3.78. The molecule has 1 aromatic carbocycles. The van der Waals surface area contributed by atoms with Gasteiger partial charge in [0, 0.05) is 18.8 Å². The molecule has 118 valence electrons. The number of hydrogen-bond acceptors (Lipinski definition) is 5. The van der Waals surface area contributed by atoms with Crippen LogP contribution in [0, 0.1) is 11.8 Å². The average molecular weight is 313 g/mol. The first-order valence-electron chi connectivity index (χ1n) is 7.19. The molecule has 2 rings (SSSR count). The van der Waals surface area contributed by atoms with Crippen molar-refractivity contribution in [1.29, 1.82) is 0 Å². The van der Waals surface area contributed by atoms with Gasteiger partial charge in [0.15, 0.2) is 0 Å². The van der Waals surface area contributed by atoms with E-state index in [1.54, 1.807) is 12.1 Å². The largest absolute Gasteiger partial charge is 0.398 e. The third-order valence-corrected chi connectivity index (χ3v) is 5.17. The molecule has 0 aromatic heterocycles. The Morgan fingerprint density at radius 1 is 1.24 bits per heavy atom. The van der Waals surface area contributed by atoms with E-state index in [-0.39, 0.29) is 17.2 Å². The highest BCUT2D eigenvalue weighted by molar-refractivity contribution is 7.89. The summed E-state index contributed by atoms with van der Waals surface area (Å²) in [6, 6.07) is 4.65. The van der Waals surface area contributed by atoms with E-state index in [4.69, 9.17) is 10.9 Å². The summed E-state index contributed by atoms with van der Waals surface area (Å²) in [7, 11) is -3.78. The van der Waals surface area contributed by atoms with Gasteiger partial charge in [-0.3, -0.25) is 0 Å². The number of aliphatic hydroxyl groups excluding tert-OH is 1. The van der Waals surface area contributed by atoms with Gasteiger partial charge in [0.2, 0.25) is 10.0 Å². The van der Waals surface area contributed by atoms with Crippen LogP contribution in [0.15, 0.2) is 23.1 Å². The van der Waals surface area contributed by atoms with Crippen molar-refractivity contribution in [3.63, 3.8) is 0 Å². The van der Waals surface area contributed by atoms with Gasteiger partial charge in [-0.2, -0.15) is 0 Å². The summed E-state index contributed by atoms with van der Waals surface area (Å²) in [5.41, 5.74) is 6.64. The summed E-state index contributed by atoms with van der Waals surface area (Å²) in [5, 5.41) is 17.8. The standard InChI is InChI=1S/C14H23N3O3S/c15-13-7-12(5-6-14(13)21(16,19)20)17-8-10-3-1-2-4-11(10)9-18/h5-7,10-11,17-18H,1-4,8-9,15H2,(H2,16,19,20). The minimum absolute atomic E-state index is 0.0565. The van der Waals surface area contributed by atoms with Gasteiger partial charge >= 0.3 is 0 Å². The van der Waals surface area contributed by atoms with Crippen LogP contribution in [0.1, 0.15) is 25.7 Å². The molecule has 2 atom stereocenters. The fourth-order valence-corrected chi connectivity index (χ4v) is 3.61. The van der Waals surface area contributed by atoms with Gasteiger partial charge in [-0.15, -0.1) is 0 Å². The monoisotopic (exact) mass is 313 g/mol. The van der Waals surface area contributed by atoms with Gasteiger partial charge in [-0.05, 0) is 42.9 Å². The maximum atomic E-state index is 11.3. The van der Waals surface area contributed by atoms with Crippen molar-refractivity contribution >= 4 is 21.4 Å². The number of nitrogens with one attached hydrogen (secondary N) is 1. The van der Waals surface area contributed by atoms with Crippen molar-refractivity contribution in [1.82, 2.24) is 0 Å². The normalized spacial score (nSPS) is 23.0. The molecule has 2 unspecified atom stereocenters. The lowest BCUT2D eigenvalue weighted by molar-refractivity contribution is 0.141. The van der Waals surface area contributed by atoms with Crippen LogP contribution in [0.25, 0.3) is 0 Å². The highest BCUT2D eigenvalue weighted by Gasteiger charge is 2.24. The van der Waals surface area contributed by atoms with Gasteiger partial charge in [0.1, 0.15) is 4.90 Å². The number of nitrogen functional groups attached to an aromatic ring is 1. The number of hydrogen-bond donors (Lipinski definition) is 4. The van der Waals surface area contributed by atoms with Crippen molar-refractivity contribution in [2.24, 2.45) is 17.0 Å². The number of anilines is 2. The zero-order valence-corrected chi connectivity index (χ0v) is 12.8. The molecule has 7 heteroatoms. The third kappa shape index (κ3) is 4.09. The van der Waals surface area contributed by atoms with E-state index in [9.17, 15) is 13.5 Å². The first kappa shape index (κ1) is 16.1. The number of rotatable bonds is 5. The molecular formula is C14H23N3O3S. The Kier molecular flexibility index (Phi) is 5.08. The molecule has 0 radical (unpaired) electrons. The van der Waals surface area contributed by atoms with E-state index in [1.807, 2.05) is 0 Å². The summed E-state index contributed by atoms with van der Waals surface area (Å²) in [6.45, 7) is 0.970. The van der Waals surface area contributed by atoms with Crippen LogP contribution in [0.4, 0.5) is 11.4 Å². The maximum absolute atomic E-state index is 11.3. The highest BCUT2D eigenvalue weighted by atomic mass is 32.2. The molecular weight excluding hydrogens is 290 g/mol. The highest BCUT2D eigenvalue weighted by Crippen LogP contribution is 2.30. The van der Waals surface area contributed by atoms with E-state index < -0.39 is 10.0 Å².